The van der Waals surface area contributed by atoms with E-state index in [9.17, 15) is 9.00 Å². The van der Waals surface area contributed by atoms with Crippen LogP contribution in [0.2, 0.25) is 0 Å². The van der Waals surface area contributed by atoms with Gasteiger partial charge in [0.1, 0.15) is 5.25 Å². The first-order valence-corrected chi connectivity index (χ1v) is 6.49. The Hall–Kier alpha value is -0.420. The highest BCUT2D eigenvalue weighted by Gasteiger charge is 2.24. The van der Waals surface area contributed by atoms with Gasteiger partial charge in [-0.15, -0.1) is 0 Å². The Morgan fingerprint density at radius 1 is 1.40 bits per heavy atom. The van der Waals surface area contributed by atoms with Crippen LogP contribution < -0.4 is 0 Å². The number of carbonyl (C=O) groups excluding carboxylic acids is 1. The van der Waals surface area contributed by atoms with Crippen LogP contribution in [-0.4, -0.2) is 42.0 Å². The first-order valence-electron chi connectivity index (χ1n) is 5.11. The predicted molar refractivity (Wildman–Crippen MR) is 60.2 cm³/mol. The van der Waals surface area contributed by atoms with Crippen molar-refractivity contribution < 1.29 is 18.5 Å². The highest BCUT2D eigenvalue weighted by atomic mass is 32.2. The number of rotatable bonds is 8. The van der Waals surface area contributed by atoms with E-state index in [0.29, 0.717) is 18.8 Å². The zero-order valence-corrected chi connectivity index (χ0v) is 10.5. The summed E-state index contributed by atoms with van der Waals surface area (Å²) in [5.41, 5.74) is 0. The molecule has 0 aliphatic heterocycles. The van der Waals surface area contributed by atoms with Gasteiger partial charge in [0, 0.05) is 23.7 Å². The fraction of sp³-hybridized carbons (Fsp3) is 0.900. The zero-order valence-electron chi connectivity index (χ0n) is 9.65. The van der Waals surface area contributed by atoms with Gasteiger partial charge < -0.3 is 9.47 Å². The van der Waals surface area contributed by atoms with Crippen LogP contribution in [-0.2, 0) is 25.1 Å². The lowest BCUT2D eigenvalue weighted by atomic mass is 10.2. The van der Waals surface area contributed by atoms with E-state index in [1.54, 1.807) is 7.11 Å². The second-order valence-corrected chi connectivity index (χ2v) is 4.97. The van der Waals surface area contributed by atoms with Crippen molar-refractivity contribution in [3.63, 3.8) is 0 Å². The topological polar surface area (TPSA) is 52.6 Å². The van der Waals surface area contributed by atoms with E-state index in [2.05, 4.69) is 4.74 Å². The van der Waals surface area contributed by atoms with Crippen molar-refractivity contribution in [1.82, 2.24) is 0 Å². The first-order chi connectivity index (χ1) is 7.17. The average molecular weight is 236 g/mol. The molecule has 0 amide bonds. The summed E-state index contributed by atoms with van der Waals surface area (Å²) in [4.78, 5) is 11.4. The molecule has 0 N–H and O–H groups in total. The number of hydrogen-bond acceptors (Lipinski definition) is 4. The molecular formula is C10H20O4S. The molecule has 90 valence electrons. The molecule has 0 aromatic rings. The summed E-state index contributed by atoms with van der Waals surface area (Å²) in [6.45, 7) is 2.44. The molecule has 0 aromatic carbocycles. The van der Waals surface area contributed by atoms with Gasteiger partial charge in [-0.3, -0.25) is 9.00 Å². The summed E-state index contributed by atoms with van der Waals surface area (Å²) < 4.78 is 21.2. The van der Waals surface area contributed by atoms with Crippen molar-refractivity contribution in [2.45, 2.75) is 31.4 Å². The average Bonchev–Trinajstić information content (AvgIpc) is 2.26. The van der Waals surface area contributed by atoms with Gasteiger partial charge in [-0.25, -0.2) is 0 Å². The fourth-order valence-electron chi connectivity index (χ4n) is 1.19. The highest BCUT2D eigenvalue weighted by molar-refractivity contribution is 7.86. The molecule has 0 saturated carbocycles. The minimum absolute atomic E-state index is 0.377. The van der Waals surface area contributed by atoms with Gasteiger partial charge in [-0.1, -0.05) is 19.8 Å². The third-order valence-corrected chi connectivity index (χ3v) is 3.72. The number of hydrogen-bond donors (Lipinski definition) is 0. The molecule has 4 nitrogen and oxygen atoms in total. The van der Waals surface area contributed by atoms with E-state index in [0.717, 1.165) is 12.8 Å². The normalized spacial score (nSPS) is 14.6. The van der Waals surface area contributed by atoms with Crippen LogP contribution in [0.4, 0.5) is 0 Å². The summed E-state index contributed by atoms with van der Waals surface area (Å²) in [7, 11) is 1.69. The number of ether oxygens (including phenoxy) is 2. The molecule has 5 heteroatoms. The molecule has 2 atom stereocenters. The minimum Gasteiger partial charge on any atom is -0.468 e. The molecule has 0 aromatic heterocycles. The van der Waals surface area contributed by atoms with Crippen LogP contribution in [0.1, 0.15) is 26.2 Å². The lowest BCUT2D eigenvalue weighted by molar-refractivity contribution is -0.140. The fourth-order valence-corrected chi connectivity index (χ4v) is 2.54. The Labute approximate surface area is 93.8 Å². The maximum atomic E-state index is 11.7. The van der Waals surface area contributed by atoms with Gasteiger partial charge in [0.15, 0.2) is 0 Å². The Balaban J connectivity index is 4.20. The SMILES string of the molecule is CCCCC(C(=O)OC)S(=O)CCOC. The molecule has 2 unspecified atom stereocenters. The summed E-state index contributed by atoms with van der Waals surface area (Å²) in [6, 6.07) is 0. The molecule has 0 heterocycles. The summed E-state index contributed by atoms with van der Waals surface area (Å²) in [6.07, 6.45) is 2.49. The second-order valence-electron chi connectivity index (χ2n) is 3.23. The van der Waals surface area contributed by atoms with Crippen molar-refractivity contribution in [3.05, 3.63) is 0 Å². The van der Waals surface area contributed by atoms with E-state index in [1.807, 2.05) is 6.92 Å². The van der Waals surface area contributed by atoms with E-state index in [4.69, 9.17) is 4.74 Å². The third-order valence-electron chi connectivity index (χ3n) is 2.09. The molecule has 15 heavy (non-hydrogen) atoms. The number of methoxy groups -OCH3 is 2. The van der Waals surface area contributed by atoms with E-state index < -0.39 is 16.0 Å². The number of unbranched alkanes of at least 4 members (excludes halogenated alkanes) is 1. The number of esters is 1. The van der Waals surface area contributed by atoms with E-state index >= 15 is 0 Å². The van der Waals surface area contributed by atoms with Gasteiger partial charge >= 0.3 is 5.97 Å². The van der Waals surface area contributed by atoms with Crippen LogP contribution in [0.15, 0.2) is 0 Å². The Morgan fingerprint density at radius 2 is 2.07 bits per heavy atom. The molecule has 0 spiro atoms. The third kappa shape index (κ3) is 5.89. The quantitative estimate of drug-likeness (QED) is 0.592. The van der Waals surface area contributed by atoms with Gasteiger partial charge in [0.25, 0.3) is 0 Å². The van der Waals surface area contributed by atoms with E-state index in [-0.39, 0.29) is 5.97 Å². The molecule has 0 radical (unpaired) electrons. The van der Waals surface area contributed by atoms with E-state index in [1.165, 1.54) is 7.11 Å². The minimum atomic E-state index is -1.19. The molecule has 0 saturated heterocycles. The van der Waals surface area contributed by atoms with Crippen LogP contribution in [0, 0.1) is 0 Å². The van der Waals surface area contributed by atoms with Crippen LogP contribution >= 0.6 is 0 Å². The van der Waals surface area contributed by atoms with Crippen molar-refractivity contribution >= 4 is 16.8 Å². The van der Waals surface area contributed by atoms with Gasteiger partial charge in [0.05, 0.1) is 13.7 Å². The molecule has 0 bridgehead atoms. The molecule has 0 fully saturated rings. The van der Waals surface area contributed by atoms with Crippen molar-refractivity contribution in [1.29, 1.82) is 0 Å². The highest BCUT2D eigenvalue weighted by Crippen LogP contribution is 2.09. The first kappa shape index (κ1) is 14.6. The number of carbonyl (C=O) groups is 1. The predicted octanol–water partition coefficient (Wildman–Crippen LogP) is 1.11. The lowest BCUT2D eigenvalue weighted by Gasteiger charge is -2.13. The van der Waals surface area contributed by atoms with Crippen molar-refractivity contribution in [2.75, 3.05) is 26.6 Å². The summed E-state index contributed by atoms with van der Waals surface area (Å²) in [5, 5.41) is -0.495. The molecule has 0 aliphatic carbocycles. The second kappa shape index (κ2) is 8.85. The smallest absolute Gasteiger partial charge is 0.321 e. The van der Waals surface area contributed by atoms with Gasteiger partial charge in [-0.05, 0) is 6.42 Å². The van der Waals surface area contributed by atoms with Crippen LogP contribution in [0.5, 0.6) is 0 Å². The molecule has 0 aliphatic rings. The maximum absolute atomic E-state index is 11.7. The largest absolute Gasteiger partial charge is 0.468 e. The summed E-state index contributed by atoms with van der Waals surface area (Å²) >= 11 is 0. The summed E-state index contributed by atoms with van der Waals surface area (Å²) in [5.74, 6) is 0.0119. The van der Waals surface area contributed by atoms with Crippen LogP contribution in [0.3, 0.4) is 0 Å². The van der Waals surface area contributed by atoms with Gasteiger partial charge in [-0.2, -0.15) is 0 Å². The van der Waals surface area contributed by atoms with Gasteiger partial charge in [0.2, 0.25) is 0 Å². The van der Waals surface area contributed by atoms with Crippen LogP contribution in [0.25, 0.3) is 0 Å². The Kier molecular flexibility index (Phi) is 8.61. The standard InChI is InChI=1S/C10H20O4S/c1-4-5-6-9(10(11)14-3)15(12)8-7-13-2/h9H,4-8H2,1-3H3. The Bertz CT molecular complexity index is 206. The van der Waals surface area contributed by atoms with Crippen molar-refractivity contribution in [3.8, 4) is 0 Å². The maximum Gasteiger partial charge on any atom is 0.321 e. The monoisotopic (exact) mass is 236 g/mol. The van der Waals surface area contributed by atoms with Crippen molar-refractivity contribution in [2.24, 2.45) is 0 Å². The molecule has 0 rings (SSSR count). The lowest BCUT2D eigenvalue weighted by Crippen LogP contribution is -2.29. The molecular weight excluding hydrogens is 216 g/mol. The Morgan fingerprint density at radius 3 is 2.53 bits per heavy atom. The zero-order chi connectivity index (χ0) is 11.7.